The Labute approximate surface area is 323 Å². The average Bonchev–Trinajstić information content (AvgIpc) is 2.47. The standard InChI is InChI=1S/9C3H7O.Cd.NO3.2Zr/c9*1-3(2)4;;2-1(3)4;;/h9*3H,1-2H3;;;;/q9*-1;+2;-1;2*+4. The van der Waals surface area contributed by atoms with Crippen LogP contribution in [0.5, 0.6) is 0 Å². The molecule has 0 amide bonds. The smallest absolute Gasteiger partial charge is 0.852 e. The van der Waals surface area contributed by atoms with E-state index >= 15 is 0 Å². The molecule has 258 valence electrons. The molecule has 43 heavy (non-hydrogen) atoms. The van der Waals surface area contributed by atoms with Crippen molar-refractivity contribution in [2.75, 3.05) is 0 Å². The van der Waals surface area contributed by atoms with Gasteiger partial charge in [0.15, 0.2) is 0 Å². The van der Waals surface area contributed by atoms with E-state index in [1.807, 2.05) is 0 Å². The molecule has 0 fully saturated rings. The summed E-state index contributed by atoms with van der Waals surface area (Å²) >= 11 is 0. The fourth-order valence-corrected chi connectivity index (χ4v) is 0. The molecule has 0 spiro atoms. The van der Waals surface area contributed by atoms with Gasteiger partial charge in [-0.1, -0.05) is 125 Å². The van der Waals surface area contributed by atoms with E-state index in [9.17, 15) is 46.0 Å². The van der Waals surface area contributed by atoms with Crippen LogP contribution in [0.1, 0.15) is 125 Å². The first-order chi connectivity index (χ1) is 17.3. The largest absolute Gasteiger partial charge is 4.00 e. The Kier molecular flexibility index (Phi) is 156. The third-order valence-corrected chi connectivity index (χ3v) is 0. The van der Waals surface area contributed by atoms with E-state index in [0.717, 1.165) is 0 Å². The van der Waals surface area contributed by atoms with Crippen LogP contribution in [0.3, 0.4) is 0 Å². The molecule has 0 unspecified atom stereocenters. The zero-order chi connectivity index (χ0) is 35.8. The monoisotopic (exact) mass is 887 g/mol. The molecule has 0 saturated heterocycles. The average molecular weight is 889 g/mol. The van der Waals surface area contributed by atoms with Gasteiger partial charge in [0.05, 0.1) is 5.09 Å². The molecule has 0 aromatic heterocycles. The van der Waals surface area contributed by atoms with Gasteiger partial charge in [-0.15, -0.1) is 54.9 Å². The maximum Gasteiger partial charge on any atom is 4.00 e. The first-order valence-electron chi connectivity index (χ1n) is 13.1. The third kappa shape index (κ3) is 32100. The Hall–Kier alpha value is 1.53. The van der Waals surface area contributed by atoms with E-state index in [1.54, 1.807) is 125 Å². The second-order valence-corrected chi connectivity index (χ2v) is 9.66. The first-order valence-corrected chi connectivity index (χ1v) is 13.1. The van der Waals surface area contributed by atoms with Crippen LogP contribution in [0, 0.1) is 15.3 Å². The maximum absolute atomic E-state index is 9.53. The molecule has 0 atom stereocenters. The SMILES string of the molecule is CC(C)[O-].CC(C)[O-].CC(C)[O-].CC(C)[O-].CC(C)[O-].CC(C)[O-].CC(C)[O-].CC(C)[O-].CC(C)[O-].O=[N+]([O-])[O-].[Cd+2].[Zr+4].[Zr+4]. The molecular formula is C27H63CdNO12Zr2. The maximum atomic E-state index is 9.53. The number of rotatable bonds is 0. The van der Waals surface area contributed by atoms with E-state index in [-0.39, 0.29) is 79.7 Å². The summed E-state index contributed by atoms with van der Waals surface area (Å²) in [5.41, 5.74) is 0. The minimum atomic E-state index is -1.75. The summed E-state index contributed by atoms with van der Waals surface area (Å²) in [6, 6.07) is 0. The van der Waals surface area contributed by atoms with Crippen LogP contribution in [0.25, 0.3) is 0 Å². The van der Waals surface area contributed by atoms with Crippen molar-refractivity contribution in [3.8, 4) is 0 Å². The second-order valence-electron chi connectivity index (χ2n) is 9.66. The van der Waals surface area contributed by atoms with Crippen LogP contribution < -0.4 is 46.0 Å². The summed E-state index contributed by atoms with van der Waals surface area (Å²) in [4.78, 5) is 8.25. The summed E-state index contributed by atoms with van der Waals surface area (Å²) in [5.74, 6) is 0. The predicted molar refractivity (Wildman–Crippen MR) is 147 cm³/mol. The second kappa shape index (κ2) is 79.2. The first kappa shape index (κ1) is 84.9. The van der Waals surface area contributed by atoms with Crippen molar-refractivity contribution in [1.29, 1.82) is 0 Å². The van der Waals surface area contributed by atoms with Gasteiger partial charge < -0.3 is 61.3 Å². The fourth-order valence-electron chi connectivity index (χ4n) is 0. The van der Waals surface area contributed by atoms with Gasteiger partial charge in [0.1, 0.15) is 0 Å². The Morgan fingerprint density at radius 3 is 0.302 bits per heavy atom. The molecule has 0 rings (SSSR count). The van der Waals surface area contributed by atoms with Crippen LogP contribution in [-0.2, 0) is 79.7 Å². The molecular weight excluding hydrogens is 825 g/mol. The number of hydrogen-bond acceptors (Lipinski definition) is 12. The van der Waals surface area contributed by atoms with Crippen LogP contribution in [-0.4, -0.2) is 60.0 Å². The van der Waals surface area contributed by atoms with Gasteiger partial charge in [-0.25, -0.2) is 0 Å². The molecule has 0 bridgehead atoms. The zero-order valence-corrected chi connectivity index (χ0v) is 39.2. The van der Waals surface area contributed by atoms with Gasteiger partial charge in [-0.3, -0.25) is 0 Å². The Bertz CT molecular complexity index is 256. The molecule has 0 aliphatic rings. The van der Waals surface area contributed by atoms with Crippen molar-refractivity contribution in [2.24, 2.45) is 0 Å². The number of nitrogens with zero attached hydrogens (tertiary/aromatic N) is 1. The Morgan fingerprint density at radius 2 is 0.302 bits per heavy atom. The van der Waals surface area contributed by atoms with Crippen molar-refractivity contribution < 1.29 is 131 Å². The van der Waals surface area contributed by atoms with Crippen LogP contribution >= 0.6 is 0 Å². The number of hydrogen-bond donors (Lipinski definition) is 0. The molecule has 0 aliphatic carbocycles. The quantitative estimate of drug-likeness (QED) is 0.139. The molecule has 0 aliphatic heterocycles. The van der Waals surface area contributed by atoms with Gasteiger partial charge in [0.2, 0.25) is 0 Å². The van der Waals surface area contributed by atoms with E-state index in [0.29, 0.717) is 0 Å². The zero-order valence-electron chi connectivity index (χ0n) is 30.2. The van der Waals surface area contributed by atoms with Crippen molar-refractivity contribution >= 4 is 0 Å². The van der Waals surface area contributed by atoms with Gasteiger partial charge in [-0.05, 0) is 0 Å². The Balaban J connectivity index is -0.0000000210. The minimum Gasteiger partial charge on any atom is -0.852 e. The van der Waals surface area contributed by atoms with E-state index in [4.69, 9.17) is 15.3 Å². The molecule has 0 saturated carbocycles. The normalized spacial score (nSPS) is 8.09. The summed E-state index contributed by atoms with van der Waals surface area (Å²) in [5, 5.41) is 100. The van der Waals surface area contributed by atoms with Crippen LogP contribution in [0.4, 0.5) is 0 Å². The van der Waals surface area contributed by atoms with Crippen molar-refractivity contribution in [2.45, 2.75) is 180 Å². The summed E-state index contributed by atoms with van der Waals surface area (Å²) in [6.45, 7) is 29.0. The summed E-state index contributed by atoms with van der Waals surface area (Å²) in [6.07, 6.45) is -3.75. The minimum absolute atomic E-state index is 0. The summed E-state index contributed by atoms with van der Waals surface area (Å²) in [7, 11) is 0. The van der Waals surface area contributed by atoms with Gasteiger partial charge in [-0.2, -0.15) is 0 Å². The van der Waals surface area contributed by atoms with Crippen molar-refractivity contribution in [3.05, 3.63) is 15.3 Å². The molecule has 0 radical (unpaired) electrons. The van der Waals surface area contributed by atoms with Crippen LogP contribution in [0.15, 0.2) is 0 Å². The Morgan fingerprint density at radius 1 is 0.302 bits per heavy atom. The van der Waals surface area contributed by atoms with Crippen molar-refractivity contribution in [1.82, 2.24) is 0 Å². The molecule has 0 heterocycles. The molecule has 16 heteroatoms. The predicted octanol–water partition coefficient (Wildman–Crippen LogP) is -2.45. The molecule has 13 nitrogen and oxygen atoms in total. The summed E-state index contributed by atoms with van der Waals surface area (Å²) < 4.78 is 0. The van der Waals surface area contributed by atoms with Gasteiger partial charge in [0.25, 0.3) is 0 Å². The van der Waals surface area contributed by atoms with E-state index in [1.165, 1.54) is 0 Å². The molecule has 0 N–H and O–H groups in total. The van der Waals surface area contributed by atoms with Gasteiger partial charge in [0, 0.05) is 0 Å². The van der Waals surface area contributed by atoms with Gasteiger partial charge >= 0.3 is 79.7 Å². The molecule has 0 aromatic carbocycles. The van der Waals surface area contributed by atoms with Crippen LogP contribution in [0.2, 0.25) is 0 Å². The van der Waals surface area contributed by atoms with E-state index < -0.39 is 60.0 Å². The van der Waals surface area contributed by atoms with E-state index in [2.05, 4.69) is 0 Å². The van der Waals surface area contributed by atoms with Crippen molar-refractivity contribution in [3.63, 3.8) is 0 Å². The fraction of sp³-hybridized carbons (Fsp3) is 1.00. The topological polar surface area (TPSA) is 274 Å². The third-order valence-electron chi connectivity index (χ3n) is 0. The molecule has 0 aromatic rings.